The molecule has 2 saturated heterocycles. The lowest BCUT2D eigenvalue weighted by Crippen LogP contribution is -2.51. The highest BCUT2D eigenvalue weighted by atomic mass is 16.2. The molecule has 5 heteroatoms. The lowest BCUT2D eigenvalue weighted by molar-refractivity contribution is -0.140. The Bertz CT molecular complexity index is 367. The van der Waals surface area contributed by atoms with E-state index in [0.29, 0.717) is 24.2 Å². The van der Waals surface area contributed by atoms with Crippen molar-refractivity contribution < 1.29 is 9.59 Å². The van der Waals surface area contributed by atoms with Crippen molar-refractivity contribution in [3.8, 4) is 0 Å². The predicted octanol–water partition coefficient (Wildman–Crippen LogP) is 0.457. The summed E-state index contributed by atoms with van der Waals surface area (Å²) < 4.78 is 0. The molecule has 0 aromatic carbocycles. The number of piperazine rings is 1. The van der Waals surface area contributed by atoms with E-state index in [2.05, 4.69) is 5.32 Å². The van der Waals surface area contributed by atoms with E-state index in [-0.39, 0.29) is 5.91 Å². The van der Waals surface area contributed by atoms with Crippen LogP contribution in [0.2, 0.25) is 0 Å². The van der Waals surface area contributed by atoms with E-state index in [4.69, 9.17) is 0 Å². The van der Waals surface area contributed by atoms with Gasteiger partial charge in [0.25, 0.3) is 0 Å². The third-order valence-electron chi connectivity index (χ3n) is 4.80. The SMILES string of the molecule is O=C(CCC1CCNC1)N1CCN(C(=O)C2CC2)CC1. The highest BCUT2D eigenvalue weighted by molar-refractivity contribution is 5.81. The van der Waals surface area contributed by atoms with Crippen LogP contribution in [0.15, 0.2) is 0 Å². The van der Waals surface area contributed by atoms with Crippen LogP contribution < -0.4 is 5.32 Å². The quantitative estimate of drug-likeness (QED) is 0.813. The van der Waals surface area contributed by atoms with Crippen LogP contribution in [0.3, 0.4) is 0 Å². The van der Waals surface area contributed by atoms with Crippen molar-refractivity contribution in [1.82, 2.24) is 15.1 Å². The van der Waals surface area contributed by atoms with Crippen molar-refractivity contribution in [2.75, 3.05) is 39.3 Å². The average molecular weight is 279 g/mol. The maximum atomic E-state index is 12.2. The Morgan fingerprint density at radius 3 is 2.30 bits per heavy atom. The van der Waals surface area contributed by atoms with Gasteiger partial charge in [-0.25, -0.2) is 0 Å². The van der Waals surface area contributed by atoms with Crippen LogP contribution in [0.5, 0.6) is 0 Å². The molecule has 3 aliphatic rings. The Morgan fingerprint density at radius 1 is 1.00 bits per heavy atom. The summed E-state index contributed by atoms with van der Waals surface area (Å²) in [5, 5.41) is 3.34. The largest absolute Gasteiger partial charge is 0.339 e. The molecule has 2 aliphatic heterocycles. The third kappa shape index (κ3) is 3.32. The fraction of sp³-hybridized carbons (Fsp3) is 0.867. The Balaban J connectivity index is 1.38. The first kappa shape index (κ1) is 13.9. The summed E-state index contributed by atoms with van der Waals surface area (Å²) in [5.74, 6) is 1.56. The van der Waals surface area contributed by atoms with E-state index in [0.717, 1.165) is 58.5 Å². The molecule has 5 nitrogen and oxygen atoms in total. The van der Waals surface area contributed by atoms with Gasteiger partial charge in [-0.3, -0.25) is 9.59 Å². The molecule has 1 saturated carbocycles. The van der Waals surface area contributed by atoms with Crippen LogP contribution in [-0.4, -0.2) is 60.9 Å². The van der Waals surface area contributed by atoms with Gasteiger partial charge in [-0.1, -0.05) is 0 Å². The lowest BCUT2D eigenvalue weighted by Gasteiger charge is -2.35. The van der Waals surface area contributed by atoms with Crippen molar-refractivity contribution in [2.45, 2.75) is 32.1 Å². The van der Waals surface area contributed by atoms with Gasteiger partial charge in [0.05, 0.1) is 0 Å². The summed E-state index contributed by atoms with van der Waals surface area (Å²) in [4.78, 5) is 28.0. The molecule has 2 amide bonds. The minimum absolute atomic E-state index is 0.274. The fourth-order valence-electron chi connectivity index (χ4n) is 3.21. The number of nitrogens with zero attached hydrogens (tertiary/aromatic N) is 2. The zero-order valence-electron chi connectivity index (χ0n) is 12.1. The maximum absolute atomic E-state index is 12.2. The summed E-state index contributed by atoms with van der Waals surface area (Å²) >= 11 is 0. The van der Waals surface area contributed by atoms with Crippen LogP contribution in [0.4, 0.5) is 0 Å². The van der Waals surface area contributed by atoms with Crippen molar-refractivity contribution in [2.24, 2.45) is 11.8 Å². The predicted molar refractivity (Wildman–Crippen MR) is 76.1 cm³/mol. The molecule has 3 fully saturated rings. The molecule has 0 aromatic heterocycles. The minimum atomic E-state index is 0.274. The monoisotopic (exact) mass is 279 g/mol. The van der Waals surface area contributed by atoms with Gasteiger partial charge in [0.2, 0.25) is 11.8 Å². The summed E-state index contributed by atoms with van der Waals surface area (Å²) in [5.41, 5.74) is 0. The molecule has 1 atom stereocenters. The Kier molecular flexibility index (Phi) is 4.24. The summed E-state index contributed by atoms with van der Waals surface area (Å²) in [6.45, 7) is 5.07. The summed E-state index contributed by atoms with van der Waals surface area (Å²) in [6.07, 6.45) is 5.01. The molecular weight excluding hydrogens is 254 g/mol. The van der Waals surface area contributed by atoms with Gasteiger partial charge in [0.15, 0.2) is 0 Å². The second-order valence-electron chi connectivity index (χ2n) is 6.38. The molecule has 2 heterocycles. The number of amides is 2. The third-order valence-corrected chi connectivity index (χ3v) is 4.80. The number of hydrogen-bond donors (Lipinski definition) is 1. The second kappa shape index (κ2) is 6.12. The maximum Gasteiger partial charge on any atom is 0.225 e. The van der Waals surface area contributed by atoms with E-state index in [1.54, 1.807) is 0 Å². The Hall–Kier alpha value is -1.10. The molecule has 0 aromatic rings. The van der Waals surface area contributed by atoms with Gasteiger partial charge in [-0.2, -0.15) is 0 Å². The van der Waals surface area contributed by atoms with Crippen LogP contribution in [0, 0.1) is 11.8 Å². The van der Waals surface area contributed by atoms with Gasteiger partial charge in [0.1, 0.15) is 0 Å². The van der Waals surface area contributed by atoms with Crippen molar-refractivity contribution in [1.29, 1.82) is 0 Å². The van der Waals surface area contributed by atoms with Gasteiger partial charge in [-0.15, -0.1) is 0 Å². The van der Waals surface area contributed by atoms with Gasteiger partial charge >= 0.3 is 0 Å². The van der Waals surface area contributed by atoms with E-state index in [9.17, 15) is 9.59 Å². The lowest BCUT2D eigenvalue weighted by atomic mass is 10.0. The first-order chi connectivity index (χ1) is 9.74. The number of carbonyl (C=O) groups excluding carboxylic acids is 2. The Morgan fingerprint density at radius 2 is 1.70 bits per heavy atom. The van der Waals surface area contributed by atoms with E-state index < -0.39 is 0 Å². The fourth-order valence-corrected chi connectivity index (χ4v) is 3.21. The highest BCUT2D eigenvalue weighted by Crippen LogP contribution is 2.31. The van der Waals surface area contributed by atoms with Gasteiger partial charge < -0.3 is 15.1 Å². The topological polar surface area (TPSA) is 52.7 Å². The van der Waals surface area contributed by atoms with Crippen molar-refractivity contribution in [3.63, 3.8) is 0 Å². The molecule has 112 valence electrons. The number of carbonyl (C=O) groups is 2. The molecule has 0 spiro atoms. The smallest absolute Gasteiger partial charge is 0.225 e. The molecule has 0 bridgehead atoms. The normalized spacial score (nSPS) is 26.9. The zero-order valence-corrected chi connectivity index (χ0v) is 12.1. The van der Waals surface area contributed by atoms with Crippen molar-refractivity contribution in [3.05, 3.63) is 0 Å². The van der Waals surface area contributed by atoms with Crippen LogP contribution in [0.25, 0.3) is 0 Å². The number of nitrogens with one attached hydrogen (secondary N) is 1. The molecule has 0 radical (unpaired) electrons. The van der Waals surface area contributed by atoms with Crippen LogP contribution in [0.1, 0.15) is 32.1 Å². The van der Waals surface area contributed by atoms with E-state index in [1.165, 1.54) is 6.42 Å². The zero-order chi connectivity index (χ0) is 13.9. The Labute approximate surface area is 120 Å². The van der Waals surface area contributed by atoms with Crippen molar-refractivity contribution >= 4 is 11.8 Å². The van der Waals surface area contributed by atoms with Crippen LogP contribution in [-0.2, 0) is 9.59 Å². The molecule has 3 rings (SSSR count). The molecule has 1 unspecified atom stereocenters. The first-order valence-electron chi connectivity index (χ1n) is 8.01. The van der Waals surface area contributed by atoms with E-state index >= 15 is 0 Å². The van der Waals surface area contributed by atoms with Gasteiger partial charge in [-0.05, 0) is 44.7 Å². The first-order valence-corrected chi connectivity index (χ1v) is 8.01. The summed E-state index contributed by atoms with van der Waals surface area (Å²) in [6, 6.07) is 0. The van der Waals surface area contributed by atoms with Gasteiger partial charge in [0, 0.05) is 38.5 Å². The molecule has 20 heavy (non-hydrogen) atoms. The molecule has 1 aliphatic carbocycles. The molecule has 1 N–H and O–H groups in total. The number of rotatable bonds is 4. The standard InChI is InChI=1S/C15H25N3O2/c19-14(4-1-12-5-6-16-11-12)17-7-9-18(10-8-17)15(20)13-2-3-13/h12-13,16H,1-11H2. The van der Waals surface area contributed by atoms with Crippen LogP contribution >= 0.6 is 0 Å². The molecular formula is C15H25N3O2. The summed E-state index contributed by atoms with van der Waals surface area (Å²) in [7, 11) is 0. The number of hydrogen-bond acceptors (Lipinski definition) is 3. The van der Waals surface area contributed by atoms with E-state index in [1.807, 2.05) is 9.80 Å². The minimum Gasteiger partial charge on any atom is -0.339 e. The second-order valence-corrected chi connectivity index (χ2v) is 6.38. The average Bonchev–Trinajstić information content (AvgIpc) is 3.21. The highest BCUT2D eigenvalue weighted by Gasteiger charge is 2.35.